The summed E-state index contributed by atoms with van der Waals surface area (Å²) in [4.78, 5) is -1.62. The van der Waals surface area contributed by atoms with Gasteiger partial charge in [-0.05, 0) is 29.0 Å². The van der Waals surface area contributed by atoms with Gasteiger partial charge in [-0.3, -0.25) is 9.11 Å². The molecule has 0 aliphatic heterocycles. The molecule has 4 aromatic rings. The molecule has 14 heteroatoms. The topological polar surface area (TPSA) is 174 Å². The Hall–Kier alpha value is -1.58. The van der Waals surface area contributed by atoms with Gasteiger partial charge < -0.3 is 10.2 Å². The van der Waals surface area contributed by atoms with Gasteiger partial charge >= 0.3 is 0 Å². The Kier molecular flexibility index (Phi) is 8.92. The van der Waals surface area contributed by atoms with Crippen molar-refractivity contribution in [3.8, 4) is 11.5 Å². The van der Waals surface area contributed by atoms with Crippen LogP contribution in [0.25, 0.3) is 21.5 Å². The Morgan fingerprint density at radius 3 is 2.00 bits per heavy atom. The molecule has 0 aliphatic rings. The van der Waals surface area contributed by atoms with Gasteiger partial charge in [0.05, 0.1) is 16.0 Å². The van der Waals surface area contributed by atoms with Crippen LogP contribution in [0.3, 0.4) is 0 Å². The Morgan fingerprint density at radius 1 is 0.706 bits per heavy atom. The largest absolute Gasteiger partial charge is 0.507 e. The summed E-state index contributed by atoms with van der Waals surface area (Å²) in [6.07, 6.45) is 0. The Bertz CT molecular complexity index is 1650. The Balaban J connectivity index is 0.00000204. The van der Waals surface area contributed by atoms with Crippen LogP contribution in [0.2, 0.25) is 0 Å². The summed E-state index contributed by atoms with van der Waals surface area (Å²) >= 11 is 0. The predicted octanol–water partition coefficient (Wildman–Crippen LogP) is 3.55. The van der Waals surface area contributed by atoms with E-state index >= 15 is 0 Å². The first-order valence-corrected chi connectivity index (χ1v) is 11.7. The molecule has 4 aromatic carbocycles. The first kappa shape index (κ1) is 28.7. The molecule has 34 heavy (non-hydrogen) atoms. The van der Waals surface area contributed by atoms with Crippen molar-refractivity contribution in [3.63, 3.8) is 0 Å². The van der Waals surface area contributed by atoms with E-state index in [9.17, 15) is 36.2 Å². The summed E-state index contributed by atoms with van der Waals surface area (Å²) in [6, 6.07) is 14.6. The molecular formula is C20H14N2Na2O8S2. The summed E-state index contributed by atoms with van der Waals surface area (Å²) in [6.45, 7) is 0. The SMILES string of the molecule is O=S(=O)(O)c1cc(O)c2c(O)c(N=Nc3cccc4ccccc34)c(S(=O)(=O)O)cc2c1.[Na].[Na]. The number of fused-ring (bicyclic) bond motifs is 2. The smallest absolute Gasteiger partial charge is 0.296 e. The third-order valence-corrected chi connectivity index (χ3v) is 6.40. The fraction of sp³-hybridized carbons (Fsp3) is 0. The zero-order valence-corrected chi connectivity index (χ0v) is 23.5. The van der Waals surface area contributed by atoms with Crippen LogP contribution in [-0.4, -0.2) is 95.3 Å². The molecule has 0 bridgehead atoms. The van der Waals surface area contributed by atoms with Crippen molar-refractivity contribution in [2.24, 2.45) is 10.2 Å². The minimum absolute atomic E-state index is 0. The van der Waals surface area contributed by atoms with Crippen LogP contribution in [-0.2, 0) is 20.2 Å². The second-order valence-corrected chi connectivity index (χ2v) is 9.57. The molecular weight excluding hydrogens is 506 g/mol. The standard InChI is InChI=1S/C20H14N2O8S2.2Na/c23-16-10-13(31(25,26)27)8-12-9-17(32(28,29)30)19(20(24)18(12)16)22-21-15-7-3-5-11-4-1-2-6-14(11)15;;/h1-10,23-24H,(H,25,26,27)(H,28,29,30);;. The number of hydrogen-bond donors (Lipinski definition) is 4. The average Bonchev–Trinajstić information content (AvgIpc) is 2.71. The molecule has 0 saturated heterocycles. The number of azo groups is 1. The van der Waals surface area contributed by atoms with E-state index in [0.717, 1.165) is 17.5 Å². The number of benzene rings is 4. The van der Waals surface area contributed by atoms with Crippen LogP contribution in [0.4, 0.5) is 11.4 Å². The van der Waals surface area contributed by atoms with Crippen molar-refractivity contribution in [1.29, 1.82) is 0 Å². The number of rotatable bonds is 4. The molecule has 4 N–H and O–H groups in total. The third kappa shape index (κ3) is 5.62. The number of aromatic hydroxyl groups is 2. The molecule has 0 fully saturated rings. The minimum Gasteiger partial charge on any atom is -0.507 e. The van der Waals surface area contributed by atoms with Crippen LogP contribution in [0, 0.1) is 0 Å². The van der Waals surface area contributed by atoms with Gasteiger partial charge in [0.1, 0.15) is 16.3 Å². The number of nitrogens with zero attached hydrogens (tertiary/aromatic N) is 2. The van der Waals surface area contributed by atoms with Crippen molar-refractivity contribution in [1.82, 2.24) is 0 Å². The number of phenolic OH excluding ortho intramolecular Hbond substituents is 2. The van der Waals surface area contributed by atoms with E-state index in [4.69, 9.17) is 0 Å². The molecule has 0 aliphatic carbocycles. The van der Waals surface area contributed by atoms with Crippen LogP contribution in [0.15, 0.2) is 80.7 Å². The summed E-state index contributed by atoms with van der Waals surface area (Å²) in [5.41, 5.74) is -0.322. The van der Waals surface area contributed by atoms with Crippen molar-refractivity contribution in [3.05, 3.63) is 60.7 Å². The van der Waals surface area contributed by atoms with E-state index in [2.05, 4.69) is 10.2 Å². The average molecular weight is 520 g/mol. The normalized spacial score (nSPS) is 11.9. The number of phenols is 2. The van der Waals surface area contributed by atoms with Gasteiger partial charge in [-0.2, -0.15) is 16.8 Å². The Labute approximate surface area is 238 Å². The molecule has 4 rings (SSSR count). The molecule has 2 radical (unpaired) electrons. The van der Waals surface area contributed by atoms with E-state index in [-0.39, 0.29) is 69.9 Å². The van der Waals surface area contributed by atoms with E-state index in [0.29, 0.717) is 17.1 Å². The second kappa shape index (κ2) is 10.6. The predicted molar refractivity (Wildman–Crippen MR) is 127 cm³/mol. The van der Waals surface area contributed by atoms with Gasteiger partial charge in [-0.1, -0.05) is 36.4 Å². The molecule has 0 heterocycles. The van der Waals surface area contributed by atoms with Crippen LogP contribution in [0.1, 0.15) is 0 Å². The molecule has 0 atom stereocenters. The fourth-order valence-corrected chi connectivity index (χ4v) is 4.47. The van der Waals surface area contributed by atoms with E-state index < -0.39 is 47.2 Å². The maximum absolute atomic E-state index is 12.0. The Morgan fingerprint density at radius 2 is 1.35 bits per heavy atom. The first-order chi connectivity index (χ1) is 15.0. The van der Waals surface area contributed by atoms with Gasteiger partial charge in [-0.15, -0.1) is 10.2 Å². The summed E-state index contributed by atoms with van der Waals surface area (Å²) in [5, 5.41) is 29.6. The van der Waals surface area contributed by atoms with Crippen LogP contribution in [0.5, 0.6) is 11.5 Å². The molecule has 0 unspecified atom stereocenters. The van der Waals surface area contributed by atoms with Crippen molar-refractivity contribution < 1.29 is 36.2 Å². The van der Waals surface area contributed by atoms with Gasteiger partial charge in [0.2, 0.25) is 0 Å². The molecule has 166 valence electrons. The minimum atomic E-state index is -4.96. The van der Waals surface area contributed by atoms with Crippen molar-refractivity contribution in [2.75, 3.05) is 0 Å². The summed E-state index contributed by atoms with van der Waals surface area (Å²) in [7, 11) is -9.71. The third-order valence-electron chi connectivity index (χ3n) is 4.70. The van der Waals surface area contributed by atoms with E-state index in [1.165, 1.54) is 0 Å². The van der Waals surface area contributed by atoms with Gasteiger partial charge in [0, 0.05) is 70.6 Å². The van der Waals surface area contributed by atoms with Crippen LogP contribution < -0.4 is 0 Å². The monoisotopic (exact) mass is 520 g/mol. The molecule has 0 saturated carbocycles. The molecule has 10 nitrogen and oxygen atoms in total. The second-order valence-electron chi connectivity index (χ2n) is 6.76. The summed E-state index contributed by atoms with van der Waals surface area (Å²) in [5.74, 6) is -1.63. The fourth-order valence-electron chi connectivity index (χ4n) is 3.28. The molecule has 0 aromatic heterocycles. The number of hydrogen-bond acceptors (Lipinski definition) is 8. The van der Waals surface area contributed by atoms with Gasteiger partial charge in [-0.25, -0.2) is 0 Å². The van der Waals surface area contributed by atoms with E-state index in [1.807, 2.05) is 18.2 Å². The van der Waals surface area contributed by atoms with Gasteiger partial charge in [0.25, 0.3) is 20.2 Å². The quantitative estimate of drug-likeness (QED) is 0.180. The maximum Gasteiger partial charge on any atom is 0.296 e. The van der Waals surface area contributed by atoms with Gasteiger partial charge in [0.15, 0.2) is 5.75 Å². The zero-order chi connectivity index (χ0) is 23.3. The molecule has 0 amide bonds. The van der Waals surface area contributed by atoms with Crippen molar-refractivity contribution >= 4 is 112 Å². The maximum atomic E-state index is 12.0. The summed E-state index contributed by atoms with van der Waals surface area (Å²) < 4.78 is 65.6. The first-order valence-electron chi connectivity index (χ1n) is 8.84. The van der Waals surface area contributed by atoms with Crippen molar-refractivity contribution in [2.45, 2.75) is 9.79 Å². The van der Waals surface area contributed by atoms with Crippen LogP contribution >= 0.6 is 0 Å². The zero-order valence-electron chi connectivity index (χ0n) is 17.9. The molecule has 0 spiro atoms. The van der Waals surface area contributed by atoms with E-state index in [1.54, 1.807) is 24.3 Å².